The number of nitrogens with zero attached hydrogens (tertiary/aromatic N) is 1. The number of aliphatic carboxylic acids is 1. The first kappa shape index (κ1) is 19.3. The van der Waals surface area contributed by atoms with Gasteiger partial charge in [0.2, 0.25) is 5.91 Å². The van der Waals surface area contributed by atoms with E-state index in [9.17, 15) is 19.8 Å². The van der Waals surface area contributed by atoms with E-state index in [-0.39, 0.29) is 30.2 Å². The predicted molar refractivity (Wildman–Crippen MR) is 100 cm³/mol. The van der Waals surface area contributed by atoms with Crippen molar-refractivity contribution in [1.29, 1.82) is 0 Å². The van der Waals surface area contributed by atoms with Crippen LogP contribution in [0.15, 0.2) is 39.8 Å². The van der Waals surface area contributed by atoms with Gasteiger partial charge in [0.05, 0.1) is 24.7 Å². The first-order valence-corrected chi connectivity index (χ1v) is 10.3. The molecule has 1 fully saturated rings. The molecule has 26 heavy (non-hydrogen) atoms. The van der Waals surface area contributed by atoms with Gasteiger partial charge >= 0.3 is 5.97 Å². The summed E-state index contributed by atoms with van der Waals surface area (Å²) < 4.78 is 0. The topological polar surface area (TPSA) is 98.1 Å². The van der Waals surface area contributed by atoms with E-state index in [0.29, 0.717) is 9.99 Å². The Labute approximate surface area is 160 Å². The lowest BCUT2D eigenvalue weighted by Gasteiger charge is -2.46. The molecule has 1 amide bonds. The molecular weight excluding hydrogens is 374 g/mol. The number of amides is 1. The van der Waals surface area contributed by atoms with Crippen LogP contribution in [0.25, 0.3) is 0 Å². The third-order valence-corrected chi connectivity index (χ3v) is 7.28. The highest BCUT2D eigenvalue weighted by Gasteiger charge is 2.59. The highest BCUT2D eigenvalue weighted by atomic mass is 32.2. The maximum atomic E-state index is 12.3. The Hall–Kier alpha value is -1.48. The molecule has 0 bridgehead atoms. The summed E-state index contributed by atoms with van der Waals surface area (Å²) in [5.41, 5.74) is 0.903. The van der Waals surface area contributed by atoms with E-state index in [4.69, 9.17) is 5.11 Å². The molecule has 0 saturated carbocycles. The van der Waals surface area contributed by atoms with Gasteiger partial charge in [0.25, 0.3) is 0 Å². The summed E-state index contributed by atoms with van der Waals surface area (Å²) in [5, 5.41) is 29.1. The Bertz CT molecular complexity index is 746. The SMILES string of the molecule is C[C@@H](O)[C@H]1C(=O)N2C(C(=O)O)=C(SCSc3ccc(CO)cc3)[C@H](C)[C@H]12. The molecule has 0 unspecified atom stereocenters. The molecule has 140 valence electrons. The van der Waals surface area contributed by atoms with Gasteiger partial charge in [0, 0.05) is 20.8 Å². The third kappa shape index (κ3) is 3.26. The van der Waals surface area contributed by atoms with Crippen molar-refractivity contribution in [2.45, 2.75) is 37.5 Å². The van der Waals surface area contributed by atoms with Gasteiger partial charge in [-0.1, -0.05) is 19.1 Å². The van der Waals surface area contributed by atoms with Crippen molar-refractivity contribution < 1.29 is 24.9 Å². The molecule has 8 heteroatoms. The number of carboxylic acid groups (broad SMARTS) is 1. The van der Waals surface area contributed by atoms with Gasteiger partial charge in [0.1, 0.15) is 5.70 Å². The smallest absolute Gasteiger partial charge is 0.353 e. The van der Waals surface area contributed by atoms with Crippen LogP contribution in [-0.2, 0) is 16.2 Å². The summed E-state index contributed by atoms with van der Waals surface area (Å²) in [7, 11) is 0. The summed E-state index contributed by atoms with van der Waals surface area (Å²) in [4.78, 5) is 27.1. The number of fused-ring (bicyclic) bond motifs is 1. The summed E-state index contributed by atoms with van der Waals surface area (Å²) in [6.07, 6.45) is -0.787. The lowest BCUT2D eigenvalue weighted by Crippen LogP contribution is -2.63. The molecule has 1 saturated heterocycles. The fourth-order valence-electron chi connectivity index (χ4n) is 3.57. The number of aliphatic hydroxyl groups excluding tert-OH is 2. The largest absolute Gasteiger partial charge is 0.477 e. The van der Waals surface area contributed by atoms with Crippen molar-refractivity contribution in [3.05, 3.63) is 40.4 Å². The number of aliphatic hydroxyl groups is 2. The number of rotatable bonds is 7. The highest BCUT2D eigenvalue weighted by Crippen LogP contribution is 2.51. The maximum absolute atomic E-state index is 12.3. The van der Waals surface area contributed by atoms with Crippen molar-refractivity contribution >= 4 is 35.4 Å². The molecule has 3 N–H and O–H groups in total. The number of carbonyl (C=O) groups excluding carboxylic acids is 1. The zero-order valence-corrected chi connectivity index (χ0v) is 16.1. The molecule has 4 atom stereocenters. The Morgan fingerprint density at radius 1 is 1.27 bits per heavy atom. The fourth-order valence-corrected chi connectivity index (χ4v) is 5.91. The highest BCUT2D eigenvalue weighted by molar-refractivity contribution is 8.17. The monoisotopic (exact) mass is 395 g/mol. The van der Waals surface area contributed by atoms with E-state index in [1.165, 1.54) is 16.7 Å². The van der Waals surface area contributed by atoms with Crippen molar-refractivity contribution in [2.24, 2.45) is 11.8 Å². The summed E-state index contributed by atoms with van der Waals surface area (Å²) in [5.74, 6) is -2.05. The van der Waals surface area contributed by atoms with Gasteiger partial charge in [-0.3, -0.25) is 4.79 Å². The minimum absolute atomic E-state index is 0.00175. The Morgan fingerprint density at radius 2 is 1.92 bits per heavy atom. The van der Waals surface area contributed by atoms with Crippen LogP contribution in [0.2, 0.25) is 0 Å². The minimum Gasteiger partial charge on any atom is -0.477 e. The number of carboxylic acids is 1. The molecule has 1 aromatic rings. The standard InChI is InChI=1S/C18H21NO5S2/c1-9-14-13(10(2)21)17(22)19(14)15(18(23)24)16(9)26-8-25-12-5-3-11(7-20)4-6-12/h3-6,9-10,13-14,20-21H,7-8H2,1-2H3,(H,23,24)/t9-,10-,13-,14-/m1/s1. The summed E-state index contributed by atoms with van der Waals surface area (Å²) in [6.45, 7) is 3.49. The second-order valence-corrected chi connectivity index (χ2v) is 8.91. The van der Waals surface area contributed by atoms with Crippen LogP contribution in [0.3, 0.4) is 0 Å². The molecule has 1 aromatic carbocycles. The zero-order valence-electron chi connectivity index (χ0n) is 14.5. The molecule has 3 rings (SSSR count). The van der Waals surface area contributed by atoms with Crippen molar-refractivity contribution in [1.82, 2.24) is 4.90 Å². The van der Waals surface area contributed by atoms with E-state index < -0.39 is 18.0 Å². The molecule has 0 aromatic heterocycles. The number of β-lactam (4-membered cyclic amide) rings is 1. The van der Waals surface area contributed by atoms with Gasteiger partial charge in [-0.2, -0.15) is 0 Å². The van der Waals surface area contributed by atoms with Gasteiger partial charge in [-0.25, -0.2) is 4.79 Å². The molecule has 0 spiro atoms. The maximum Gasteiger partial charge on any atom is 0.353 e. The van der Waals surface area contributed by atoms with Crippen LogP contribution in [0.1, 0.15) is 19.4 Å². The Balaban J connectivity index is 1.71. The van der Waals surface area contributed by atoms with E-state index in [2.05, 4.69) is 0 Å². The predicted octanol–water partition coefficient (Wildman–Crippen LogP) is 2.12. The molecule has 0 aliphatic carbocycles. The minimum atomic E-state index is -1.10. The van der Waals surface area contributed by atoms with Crippen LogP contribution >= 0.6 is 23.5 Å². The molecule has 0 radical (unpaired) electrons. The van der Waals surface area contributed by atoms with E-state index in [1.54, 1.807) is 18.7 Å². The van der Waals surface area contributed by atoms with Gasteiger partial charge < -0.3 is 20.2 Å². The number of benzene rings is 1. The number of hydrogen-bond donors (Lipinski definition) is 3. The molecule has 2 aliphatic heterocycles. The Morgan fingerprint density at radius 3 is 2.46 bits per heavy atom. The molecule has 6 nitrogen and oxygen atoms in total. The van der Waals surface area contributed by atoms with Crippen molar-refractivity contribution in [3.63, 3.8) is 0 Å². The van der Waals surface area contributed by atoms with Crippen LogP contribution in [0.5, 0.6) is 0 Å². The van der Waals surface area contributed by atoms with Gasteiger partial charge in [-0.05, 0) is 24.6 Å². The van der Waals surface area contributed by atoms with Gasteiger partial charge in [0.15, 0.2) is 0 Å². The van der Waals surface area contributed by atoms with E-state index >= 15 is 0 Å². The summed E-state index contributed by atoms with van der Waals surface area (Å²) >= 11 is 3.01. The lowest BCUT2D eigenvalue weighted by molar-refractivity contribution is -0.163. The normalized spacial score (nSPS) is 25.9. The number of thioether (sulfide) groups is 2. The molecule has 2 aliphatic rings. The zero-order chi connectivity index (χ0) is 19.0. The van der Waals surface area contributed by atoms with Gasteiger partial charge in [-0.15, -0.1) is 23.5 Å². The van der Waals surface area contributed by atoms with Crippen LogP contribution in [0.4, 0.5) is 0 Å². The number of carbonyl (C=O) groups is 2. The quantitative estimate of drug-likeness (QED) is 0.369. The van der Waals surface area contributed by atoms with Crippen molar-refractivity contribution in [2.75, 3.05) is 5.08 Å². The summed E-state index contributed by atoms with van der Waals surface area (Å²) in [6, 6.07) is 7.27. The van der Waals surface area contributed by atoms with E-state index in [0.717, 1.165) is 10.5 Å². The second kappa shape index (κ2) is 7.64. The van der Waals surface area contributed by atoms with Crippen LogP contribution < -0.4 is 0 Å². The van der Waals surface area contributed by atoms with Crippen LogP contribution in [-0.4, -0.2) is 49.3 Å². The first-order valence-electron chi connectivity index (χ1n) is 8.30. The van der Waals surface area contributed by atoms with E-state index in [1.807, 2.05) is 31.2 Å². The first-order chi connectivity index (χ1) is 12.4. The fraction of sp³-hybridized carbons (Fsp3) is 0.444. The molecular formula is C18H21NO5S2. The average molecular weight is 396 g/mol. The molecule has 2 heterocycles. The average Bonchev–Trinajstić information content (AvgIpc) is 2.84. The Kier molecular flexibility index (Phi) is 5.67. The third-order valence-electron chi connectivity index (χ3n) is 4.86. The second-order valence-electron chi connectivity index (χ2n) is 6.48. The van der Waals surface area contributed by atoms with Crippen molar-refractivity contribution in [3.8, 4) is 0 Å². The number of hydrogen-bond acceptors (Lipinski definition) is 6. The van der Waals surface area contributed by atoms with Crippen LogP contribution in [0, 0.1) is 11.8 Å². The lowest BCUT2D eigenvalue weighted by atomic mass is 9.79.